The molecule has 0 amide bonds. The normalized spacial score (nSPS) is 11.2. The maximum atomic E-state index is 5.99. The lowest BCUT2D eigenvalue weighted by Gasteiger charge is -2.15. The molecule has 126 valence electrons. The monoisotopic (exact) mass is 307 g/mol. The fourth-order valence-corrected chi connectivity index (χ4v) is 1.98. The van der Waals surface area contributed by atoms with Crippen molar-refractivity contribution in [3.05, 3.63) is 23.8 Å². The third-order valence-electron chi connectivity index (χ3n) is 3.52. The van der Waals surface area contributed by atoms with Gasteiger partial charge in [-0.25, -0.2) is 0 Å². The molecule has 3 heteroatoms. The molecule has 1 aromatic carbocycles. The van der Waals surface area contributed by atoms with Crippen molar-refractivity contribution < 1.29 is 9.47 Å². The summed E-state index contributed by atoms with van der Waals surface area (Å²) in [6.07, 6.45) is 2.14. The predicted octanol–water partition coefficient (Wildman–Crippen LogP) is 4.65. The fraction of sp³-hybridized carbons (Fsp3) is 0.684. The first kappa shape index (κ1) is 18.8. The van der Waals surface area contributed by atoms with Crippen LogP contribution in [0.5, 0.6) is 11.5 Å². The van der Waals surface area contributed by atoms with Crippen molar-refractivity contribution in [3.63, 3.8) is 0 Å². The maximum Gasteiger partial charge on any atom is 0.127 e. The van der Waals surface area contributed by atoms with Crippen LogP contribution in [0.1, 0.15) is 53.0 Å². The Morgan fingerprint density at radius 3 is 2.18 bits per heavy atom. The number of hydrogen-bond acceptors (Lipinski definition) is 3. The molecule has 0 saturated carbocycles. The molecule has 1 rings (SSSR count). The molecule has 0 atom stereocenters. The van der Waals surface area contributed by atoms with E-state index < -0.39 is 0 Å². The summed E-state index contributed by atoms with van der Waals surface area (Å²) in [5.41, 5.74) is 1.20. The van der Waals surface area contributed by atoms with Gasteiger partial charge in [0.05, 0.1) is 13.2 Å². The standard InChI is InChI=1S/C19H33NO2/c1-6-20-14-17-7-8-18(21-11-9-15(2)3)13-19(17)22-12-10-16(4)5/h7-8,13,15-16,20H,6,9-12,14H2,1-5H3. The summed E-state index contributed by atoms with van der Waals surface area (Å²) in [6.45, 7) is 14.3. The maximum absolute atomic E-state index is 5.99. The highest BCUT2D eigenvalue weighted by atomic mass is 16.5. The van der Waals surface area contributed by atoms with Gasteiger partial charge < -0.3 is 14.8 Å². The van der Waals surface area contributed by atoms with E-state index in [2.05, 4.69) is 46.0 Å². The van der Waals surface area contributed by atoms with E-state index in [0.29, 0.717) is 11.8 Å². The number of benzene rings is 1. The molecule has 0 heterocycles. The van der Waals surface area contributed by atoms with Gasteiger partial charge in [0, 0.05) is 18.2 Å². The van der Waals surface area contributed by atoms with Crippen molar-refractivity contribution in [2.75, 3.05) is 19.8 Å². The van der Waals surface area contributed by atoms with E-state index >= 15 is 0 Å². The molecule has 3 nitrogen and oxygen atoms in total. The van der Waals surface area contributed by atoms with Crippen LogP contribution in [0.3, 0.4) is 0 Å². The average Bonchev–Trinajstić information content (AvgIpc) is 2.45. The zero-order chi connectivity index (χ0) is 16.4. The number of ether oxygens (including phenoxy) is 2. The van der Waals surface area contributed by atoms with Gasteiger partial charge in [0.2, 0.25) is 0 Å². The largest absolute Gasteiger partial charge is 0.493 e. The highest BCUT2D eigenvalue weighted by molar-refractivity contribution is 5.40. The lowest BCUT2D eigenvalue weighted by atomic mass is 10.1. The van der Waals surface area contributed by atoms with Crippen molar-refractivity contribution in [2.24, 2.45) is 11.8 Å². The van der Waals surface area contributed by atoms with Gasteiger partial charge in [0.1, 0.15) is 11.5 Å². The Kier molecular flexibility index (Phi) is 8.98. The van der Waals surface area contributed by atoms with Gasteiger partial charge >= 0.3 is 0 Å². The van der Waals surface area contributed by atoms with E-state index in [4.69, 9.17) is 9.47 Å². The molecule has 0 radical (unpaired) electrons. The van der Waals surface area contributed by atoms with E-state index in [0.717, 1.165) is 50.6 Å². The Morgan fingerprint density at radius 1 is 0.955 bits per heavy atom. The van der Waals surface area contributed by atoms with Crippen molar-refractivity contribution >= 4 is 0 Å². The number of rotatable bonds is 11. The Morgan fingerprint density at radius 2 is 1.59 bits per heavy atom. The summed E-state index contributed by atoms with van der Waals surface area (Å²) >= 11 is 0. The molecule has 0 spiro atoms. The third kappa shape index (κ3) is 7.69. The Balaban J connectivity index is 2.67. The smallest absolute Gasteiger partial charge is 0.127 e. The molecule has 1 aromatic rings. The number of hydrogen-bond donors (Lipinski definition) is 1. The molecule has 22 heavy (non-hydrogen) atoms. The van der Waals surface area contributed by atoms with Crippen LogP contribution in [-0.4, -0.2) is 19.8 Å². The Labute approximate surface area is 136 Å². The molecule has 1 N–H and O–H groups in total. The summed E-state index contributed by atoms with van der Waals surface area (Å²) < 4.78 is 11.8. The highest BCUT2D eigenvalue weighted by Gasteiger charge is 2.07. The van der Waals surface area contributed by atoms with Gasteiger partial charge in [-0.1, -0.05) is 40.7 Å². The molecule has 0 aliphatic heterocycles. The van der Waals surface area contributed by atoms with Crippen molar-refractivity contribution in [1.82, 2.24) is 5.32 Å². The molecule has 0 aromatic heterocycles. The Hall–Kier alpha value is -1.22. The second kappa shape index (κ2) is 10.5. The number of nitrogens with one attached hydrogen (secondary N) is 1. The van der Waals surface area contributed by atoms with Crippen molar-refractivity contribution in [2.45, 2.75) is 54.0 Å². The minimum atomic E-state index is 0.655. The predicted molar refractivity (Wildman–Crippen MR) is 93.7 cm³/mol. The summed E-state index contributed by atoms with van der Waals surface area (Å²) in [6, 6.07) is 6.19. The highest BCUT2D eigenvalue weighted by Crippen LogP contribution is 2.26. The van der Waals surface area contributed by atoms with Crippen LogP contribution in [-0.2, 0) is 6.54 Å². The average molecular weight is 307 g/mol. The molecule has 0 saturated heterocycles. The van der Waals surface area contributed by atoms with E-state index in [-0.39, 0.29) is 0 Å². The van der Waals surface area contributed by atoms with Gasteiger partial charge in [-0.05, 0) is 37.3 Å². The van der Waals surface area contributed by atoms with Gasteiger partial charge in [-0.2, -0.15) is 0 Å². The topological polar surface area (TPSA) is 30.5 Å². The van der Waals surface area contributed by atoms with Gasteiger partial charge in [-0.3, -0.25) is 0 Å². The van der Waals surface area contributed by atoms with E-state index in [9.17, 15) is 0 Å². The lowest BCUT2D eigenvalue weighted by Crippen LogP contribution is -2.13. The first-order valence-corrected chi connectivity index (χ1v) is 8.62. The van der Waals surface area contributed by atoms with Gasteiger partial charge in [-0.15, -0.1) is 0 Å². The van der Waals surface area contributed by atoms with Crippen molar-refractivity contribution in [3.8, 4) is 11.5 Å². The van der Waals surface area contributed by atoms with Crippen LogP contribution in [0.15, 0.2) is 18.2 Å². The quantitative estimate of drug-likeness (QED) is 0.645. The zero-order valence-electron chi connectivity index (χ0n) is 14.9. The van der Waals surface area contributed by atoms with Crippen molar-refractivity contribution in [1.29, 1.82) is 0 Å². The molecular weight excluding hydrogens is 274 g/mol. The Bertz CT molecular complexity index is 416. The molecule has 0 aliphatic carbocycles. The van der Waals surface area contributed by atoms with E-state index in [1.807, 2.05) is 12.1 Å². The zero-order valence-corrected chi connectivity index (χ0v) is 14.9. The fourth-order valence-electron chi connectivity index (χ4n) is 1.98. The summed E-state index contributed by atoms with van der Waals surface area (Å²) in [5.74, 6) is 3.17. The molecule has 0 unspecified atom stereocenters. The minimum Gasteiger partial charge on any atom is -0.493 e. The lowest BCUT2D eigenvalue weighted by molar-refractivity contribution is 0.274. The van der Waals surface area contributed by atoms with Crippen LogP contribution in [0.25, 0.3) is 0 Å². The van der Waals surface area contributed by atoms with Crippen LogP contribution < -0.4 is 14.8 Å². The summed E-state index contributed by atoms with van der Waals surface area (Å²) in [4.78, 5) is 0. The van der Waals surface area contributed by atoms with Crippen LogP contribution >= 0.6 is 0 Å². The van der Waals surface area contributed by atoms with Crippen LogP contribution in [0, 0.1) is 11.8 Å². The second-order valence-electron chi connectivity index (χ2n) is 6.61. The minimum absolute atomic E-state index is 0.655. The summed E-state index contributed by atoms with van der Waals surface area (Å²) in [7, 11) is 0. The molecule has 0 aliphatic rings. The molecule has 0 fully saturated rings. The SMILES string of the molecule is CCNCc1ccc(OCCC(C)C)cc1OCCC(C)C. The molecule has 0 bridgehead atoms. The van der Waals surface area contributed by atoms with E-state index in [1.165, 1.54) is 5.56 Å². The van der Waals surface area contributed by atoms with Gasteiger partial charge in [0.15, 0.2) is 0 Å². The second-order valence-corrected chi connectivity index (χ2v) is 6.61. The van der Waals surface area contributed by atoms with Crippen LogP contribution in [0.2, 0.25) is 0 Å². The first-order valence-electron chi connectivity index (χ1n) is 8.62. The first-order chi connectivity index (χ1) is 10.5. The third-order valence-corrected chi connectivity index (χ3v) is 3.52. The van der Waals surface area contributed by atoms with Crippen LogP contribution in [0.4, 0.5) is 0 Å². The van der Waals surface area contributed by atoms with E-state index in [1.54, 1.807) is 0 Å². The molecular formula is C19H33NO2. The summed E-state index contributed by atoms with van der Waals surface area (Å²) in [5, 5.41) is 3.36. The van der Waals surface area contributed by atoms with Gasteiger partial charge in [0.25, 0.3) is 0 Å².